The SMILES string of the molecule is COC[C@@H]1CCCN1[C@@H](CN(c1ccc(Oc2ccc(C(F)(F)F)cc2)cc1)S(C)(=O)=O)C(N)=O. The number of rotatable bonds is 10. The van der Waals surface area contributed by atoms with E-state index in [4.69, 9.17) is 15.2 Å². The molecule has 0 spiro atoms. The van der Waals surface area contributed by atoms with Crippen molar-refractivity contribution in [2.24, 2.45) is 5.73 Å². The van der Waals surface area contributed by atoms with Crippen LogP contribution >= 0.6 is 0 Å². The fourth-order valence-electron chi connectivity index (χ4n) is 4.12. The first-order valence-electron chi connectivity index (χ1n) is 10.9. The largest absolute Gasteiger partial charge is 0.457 e. The van der Waals surface area contributed by atoms with Crippen LogP contribution in [0.25, 0.3) is 0 Å². The lowest BCUT2D eigenvalue weighted by Gasteiger charge is -2.34. The first-order valence-corrected chi connectivity index (χ1v) is 12.7. The predicted octanol–water partition coefficient (Wildman–Crippen LogP) is 3.23. The Kier molecular flexibility index (Phi) is 8.29. The van der Waals surface area contributed by atoms with Gasteiger partial charge in [-0.2, -0.15) is 13.2 Å². The van der Waals surface area contributed by atoms with E-state index in [9.17, 15) is 26.4 Å². The van der Waals surface area contributed by atoms with Gasteiger partial charge in [-0.1, -0.05) is 0 Å². The zero-order valence-electron chi connectivity index (χ0n) is 19.4. The molecule has 0 unspecified atom stereocenters. The highest BCUT2D eigenvalue weighted by molar-refractivity contribution is 7.92. The smallest absolute Gasteiger partial charge is 0.416 e. The number of likely N-dealkylation sites (tertiary alicyclic amines) is 1. The zero-order valence-corrected chi connectivity index (χ0v) is 20.2. The van der Waals surface area contributed by atoms with E-state index in [1.165, 1.54) is 36.4 Å². The number of anilines is 1. The van der Waals surface area contributed by atoms with Gasteiger partial charge in [-0.15, -0.1) is 0 Å². The standard InChI is InChI=1S/C23H28F3N3O5S/c1-33-15-18-4-3-13-28(18)21(22(27)30)14-29(35(2,31)32)17-7-11-20(12-8-17)34-19-9-5-16(6-10-19)23(24,25)26/h5-12,18,21H,3-4,13-15H2,1-2H3,(H2,27,30)/t18-,21-/m0/s1. The van der Waals surface area contributed by atoms with E-state index >= 15 is 0 Å². The number of halogens is 3. The minimum atomic E-state index is -4.45. The molecule has 2 aromatic rings. The fourth-order valence-corrected chi connectivity index (χ4v) is 5.03. The molecule has 12 heteroatoms. The summed E-state index contributed by atoms with van der Waals surface area (Å²) >= 11 is 0. The third kappa shape index (κ3) is 6.86. The lowest BCUT2D eigenvalue weighted by molar-refractivity contribution is -0.137. The van der Waals surface area contributed by atoms with Gasteiger partial charge >= 0.3 is 6.18 Å². The normalized spacial score (nSPS) is 17.8. The van der Waals surface area contributed by atoms with Gasteiger partial charge in [0.15, 0.2) is 0 Å². The maximum atomic E-state index is 12.7. The number of ether oxygens (including phenoxy) is 2. The van der Waals surface area contributed by atoms with Gasteiger partial charge in [0.05, 0.1) is 30.7 Å². The molecule has 1 fully saturated rings. The van der Waals surface area contributed by atoms with Crippen LogP contribution in [0.1, 0.15) is 18.4 Å². The molecule has 0 radical (unpaired) electrons. The van der Waals surface area contributed by atoms with Crippen molar-refractivity contribution in [2.75, 3.05) is 37.4 Å². The number of carbonyl (C=O) groups excluding carboxylic acids is 1. The van der Waals surface area contributed by atoms with Crippen LogP contribution < -0.4 is 14.8 Å². The second-order valence-corrected chi connectivity index (χ2v) is 10.2. The van der Waals surface area contributed by atoms with Crippen LogP contribution in [0.3, 0.4) is 0 Å². The molecule has 1 aliphatic rings. The van der Waals surface area contributed by atoms with Gasteiger partial charge in [0.2, 0.25) is 15.9 Å². The number of hydrogen-bond acceptors (Lipinski definition) is 6. The van der Waals surface area contributed by atoms with Gasteiger partial charge in [0, 0.05) is 13.2 Å². The molecule has 0 aliphatic carbocycles. The number of nitrogens with zero attached hydrogens (tertiary/aromatic N) is 2. The number of amides is 1. The quantitative estimate of drug-likeness (QED) is 0.521. The summed E-state index contributed by atoms with van der Waals surface area (Å²) in [6.07, 6.45) is -1.76. The van der Waals surface area contributed by atoms with Crippen LogP contribution in [0.5, 0.6) is 11.5 Å². The van der Waals surface area contributed by atoms with E-state index in [0.717, 1.165) is 35.5 Å². The Hall–Kier alpha value is -2.83. The average Bonchev–Trinajstić information content (AvgIpc) is 3.22. The third-order valence-corrected chi connectivity index (χ3v) is 6.95. The van der Waals surface area contributed by atoms with Crippen molar-refractivity contribution in [3.05, 3.63) is 54.1 Å². The molecule has 3 rings (SSSR count). The average molecular weight is 516 g/mol. The topological polar surface area (TPSA) is 102 Å². The van der Waals surface area contributed by atoms with Crippen LogP contribution in [0.4, 0.5) is 18.9 Å². The van der Waals surface area contributed by atoms with Gasteiger partial charge in [0.1, 0.15) is 17.5 Å². The second kappa shape index (κ2) is 10.8. The van der Waals surface area contributed by atoms with E-state index in [0.29, 0.717) is 24.6 Å². The third-order valence-electron chi connectivity index (χ3n) is 5.79. The number of carbonyl (C=O) groups is 1. The molecule has 8 nitrogen and oxygen atoms in total. The van der Waals surface area contributed by atoms with E-state index in [2.05, 4.69) is 0 Å². The number of methoxy groups -OCH3 is 1. The van der Waals surface area contributed by atoms with Gasteiger partial charge in [-0.3, -0.25) is 14.0 Å². The summed E-state index contributed by atoms with van der Waals surface area (Å²) in [6, 6.07) is 9.30. The monoisotopic (exact) mass is 515 g/mol. The molecule has 192 valence electrons. The van der Waals surface area contributed by atoms with Gasteiger partial charge < -0.3 is 15.2 Å². The number of nitrogens with two attached hydrogens (primary N) is 1. The predicted molar refractivity (Wildman–Crippen MR) is 125 cm³/mol. The highest BCUT2D eigenvalue weighted by Crippen LogP contribution is 2.32. The molecule has 1 aliphatic heterocycles. The van der Waals surface area contributed by atoms with Crippen LogP contribution in [-0.4, -0.2) is 64.4 Å². The summed E-state index contributed by atoms with van der Waals surface area (Å²) < 4.78 is 75.3. The Morgan fingerprint density at radius 3 is 2.20 bits per heavy atom. The molecule has 0 bridgehead atoms. The molecule has 2 aromatic carbocycles. The van der Waals surface area contributed by atoms with Crippen LogP contribution in [-0.2, 0) is 25.7 Å². The van der Waals surface area contributed by atoms with E-state index < -0.39 is 33.7 Å². The number of alkyl halides is 3. The van der Waals surface area contributed by atoms with Crippen molar-refractivity contribution >= 4 is 21.6 Å². The van der Waals surface area contributed by atoms with E-state index in [1.807, 2.05) is 4.90 Å². The van der Waals surface area contributed by atoms with E-state index in [1.54, 1.807) is 7.11 Å². The second-order valence-electron chi connectivity index (χ2n) is 8.32. The number of primary amides is 1. The van der Waals surface area contributed by atoms with Gasteiger partial charge in [-0.25, -0.2) is 8.42 Å². The Balaban J connectivity index is 1.79. The molecular formula is C23H28F3N3O5S. The van der Waals surface area contributed by atoms with Crippen LogP contribution in [0.15, 0.2) is 48.5 Å². The maximum Gasteiger partial charge on any atom is 0.416 e. The minimum Gasteiger partial charge on any atom is -0.457 e. The molecule has 35 heavy (non-hydrogen) atoms. The molecule has 2 atom stereocenters. The summed E-state index contributed by atoms with van der Waals surface area (Å²) in [5.41, 5.74) is 5.16. The van der Waals surface area contributed by atoms with Crippen LogP contribution in [0.2, 0.25) is 0 Å². The summed E-state index contributed by atoms with van der Waals surface area (Å²) in [5.74, 6) is -0.144. The highest BCUT2D eigenvalue weighted by Gasteiger charge is 2.36. The number of benzene rings is 2. The van der Waals surface area contributed by atoms with Crippen molar-refractivity contribution in [1.29, 1.82) is 0 Å². The lowest BCUT2D eigenvalue weighted by Crippen LogP contribution is -2.54. The van der Waals surface area contributed by atoms with Gasteiger partial charge in [0.25, 0.3) is 0 Å². The Labute approximate surface area is 202 Å². The lowest BCUT2D eigenvalue weighted by atomic mass is 10.1. The molecule has 1 amide bonds. The number of sulfonamides is 1. The molecule has 0 aromatic heterocycles. The first kappa shape index (κ1) is 26.8. The van der Waals surface area contributed by atoms with Crippen molar-refractivity contribution < 1.29 is 35.9 Å². The van der Waals surface area contributed by atoms with Crippen molar-refractivity contribution in [2.45, 2.75) is 31.1 Å². The Bertz CT molecular complexity index is 1110. The summed E-state index contributed by atoms with van der Waals surface area (Å²) in [6.45, 7) is 0.825. The Morgan fingerprint density at radius 1 is 1.14 bits per heavy atom. The van der Waals surface area contributed by atoms with Crippen molar-refractivity contribution in [3.63, 3.8) is 0 Å². The summed E-state index contributed by atoms with van der Waals surface area (Å²) in [4.78, 5) is 14.2. The maximum absolute atomic E-state index is 12.7. The number of hydrogen-bond donors (Lipinski definition) is 1. The Morgan fingerprint density at radius 2 is 1.71 bits per heavy atom. The summed E-state index contributed by atoms with van der Waals surface area (Å²) in [7, 11) is -2.21. The molecule has 2 N–H and O–H groups in total. The van der Waals surface area contributed by atoms with Gasteiger partial charge in [-0.05, 0) is 67.9 Å². The first-order chi connectivity index (χ1) is 16.4. The molecule has 0 saturated carbocycles. The van der Waals surface area contributed by atoms with Crippen molar-refractivity contribution in [1.82, 2.24) is 4.90 Å². The summed E-state index contributed by atoms with van der Waals surface area (Å²) in [5, 5.41) is 0. The molecule has 1 saturated heterocycles. The molecule has 1 heterocycles. The van der Waals surface area contributed by atoms with E-state index in [-0.39, 0.29) is 18.3 Å². The molecular weight excluding hydrogens is 487 g/mol. The highest BCUT2D eigenvalue weighted by atomic mass is 32.2. The fraction of sp³-hybridized carbons (Fsp3) is 0.435. The zero-order chi connectivity index (χ0) is 25.8. The minimum absolute atomic E-state index is 0.0431. The van der Waals surface area contributed by atoms with Crippen molar-refractivity contribution in [3.8, 4) is 11.5 Å². The van der Waals surface area contributed by atoms with Crippen LogP contribution in [0, 0.1) is 0 Å².